The van der Waals surface area contributed by atoms with Gasteiger partial charge >= 0.3 is 67.8 Å². The normalized spacial score (nSPS) is 21.4. The van der Waals surface area contributed by atoms with Crippen LogP contribution in [-0.4, -0.2) is 6.29 Å². The van der Waals surface area contributed by atoms with Gasteiger partial charge in [0.1, 0.15) is 6.29 Å². The Kier molecular flexibility index (Phi) is 65.9. The van der Waals surface area contributed by atoms with E-state index in [-0.39, 0.29) is 44.9 Å². The summed E-state index contributed by atoms with van der Waals surface area (Å²) in [5.74, 6) is 3.74. The molecule has 7 nitrogen and oxygen atoms in total. The van der Waals surface area contributed by atoms with E-state index in [0.29, 0.717) is 5.92 Å². The molecule has 0 aromatic carbocycles. The summed E-state index contributed by atoms with van der Waals surface area (Å²) in [5, 5.41) is 0. The van der Waals surface area contributed by atoms with Crippen LogP contribution in [0.15, 0.2) is 0 Å². The first-order valence-electron chi connectivity index (χ1n) is 6.49. The van der Waals surface area contributed by atoms with E-state index < -0.39 is 0 Å². The number of terminal acetylenes is 1. The Hall–Kier alpha value is -1.32. The third-order valence-corrected chi connectivity index (χ3v) is 4.04. The summed E-state index contributed by atoms with van der Waals surface area (Å²) in [6.45, 7) is 27.0. The summed E-state index contributed by atoms with van der Waals surface area (Å²) in [7, 11) is 0. The van der Waals surface area contributed by atoms with Crippen LogP contribution >= 0.6 is 0 Å². The van der Waals surface area contributed by atoms with E-state index in [0.717, 1.165) is 19.1 Å². The van der Waals surface area contributed by atoms with Crippen molar-refractivity contribution in [2.75, 3.05) is 0 Å². The molecule has 3 atom stereocenters. The molecule has 9 heteroatoms. The second kappa shape index (κ2) is 39.7. The Morgan fingerprint density at radius 2 is 1.19 bits per heavy atom. The zero-order valence-electron chi connectivity index (χ0n) is 14.1. The van der Waals surface area contributed by atoms with Gasteiger partial charge < -0.3 is 4.79 Å². The fourth-order valence-corrected chi connectivity index (χ4v) is 3.28. The van der Waals surface area contributed by atoms with Crippen LogP contribution in [0.3, 0.4) is 0 Å². The van der Waals surface area contributed by atoms with Gasteiger partial charge in [-0.3, -0.25) is 0 Å². The van der Waals surface area contributed by atoms with E-state index in [1.54, 1.807) is 0 Å². The minimum Gasteiger partial charge on any atom is 0 e. The number of fused-ring (bicyclic) bond motifs is 1. The molecule has 2 saturated carbocycles. The zero-order valence-corrected chi connectivity index (χ0v) is 16.2. The van der Waals surface area contributed by atoms with Crippen LogP contribution in [0.2, 0.25) is 0 Å². The number of hydrogen-bond acceptors (Lipinski definition) is 1. The number of carbonyl (C=O) groups excluding carboxylic acids is 1. The minimum absolute atomic E-state index is 0. The molecule has 0 bridgehead atoms. The van der Waals surface area contributed by atoms with Gasteiger partial charge in [0, 0.05) is 44.9 Å². The SMILES string of the molecule is C#C[C@@]12CCCC[C@H]1CC[C@@H]2C=O.[C-]#[O+].[C-]#[O+].[C-]#[O+].[C-]#[O+].[C-]#[O+].[C-]#[O+].[Co].[Co]. The fourth-order valence-electron chi connectivity index (χ4n) is 3.28. The summed E-state index contributed by atoms with van der Waals surface area (Å²) >= 11 is 0. The van der Waals surface area contributed by atoms with Crippen molar-refractivity contribution in [3.05, 3.63) is 39.9 Å². The summed E-state index contributed by atoms with van der Waals surface area (Å²) in [6.07, 6.45) is 13.8. The largest absolute Gasteiger partial charge is 0 e. The van der Waals surface area contributed by atoms with Gasteiger partial charge in [-0.2, -0.15) is 0 Å². The van der Waals surface area contributed by atoms with Gasteiger partial charge in [0.05, 0.1) is 0 Å². The first-order chi connectivity index (χ1) is 12.3. The van der Waals surface area contributed by atoms with E-state index >= 15 is 0 Å². The number of hydrogen-bond donors (Lipinski definition) is 0. The van der Waals surface area contributed by atoms with Gasteiger partial charge in [0.2, 0.25) is 0 Å². The van der Waals surface area contributed by atoms with E-state index in [1.165, 1.54) is 25.7 Å². The predicted molar refractivity (Wildman–Crippen MR) is 75.6 cm³/mol. The molecular weight excluding hydrogens is 446 g/mol. The molecule has 2 fully saturated rings. The van der Waals surface area contributed by atoms with Crippen molar-refractivity contribution in [1.82, 2.24) is 0 Å². The van der Waals surface area contributed by atoms with Crippen LogP contribution in [0.4, 0.5) is 0 Å². The predicted octanol–water partition coefficient (Wildman–Crippen LogP) is 2.18. The third kappa shape index (κ3) is 15.4. The molecule has 148 valence electrons. The molecule has 0 N–H and O–H groups in total. The van der Waals surface area contributed by atoms with Crippen molar-refractivity contribution in [3.8, 4) is 12.3 Å². The number of rotatable bonds is 1. The van der Waals surface area contributed by atoms with Gasteiger partial charge in [-0.15, -0.1) is 6.42 Å². The monoisotopic (exact) mass is 462 g/mol. The summed E-state index contributed by atoms with van der Waals surface area (Å²) in [6, 6.07) is 0. The molecule has 2 aliphatic rings. The van der Waals surface area contributed by atoms with Crippen LogP contribution < -0.4 is 0 Å². The number of aldehydes is 1. The van der Waals surface area contributed by atoms with Gasteiger partial charge in [0.25, 0.3) is 0 Å². The van der Waals surface area contributed by atoms with Crippen LogP contribution in [0.1, 0.15) is 38.5 Å². The third-order valence-electron chi connectivity index (χ3n) is 4.04. The number of carbonyl (C=O) groups is 1. The fraction of sp³-hybridized carbons (Fsp3) is 0.500. The van der Waals surface area contributed by atoms with Crippen molar-refractivity contribution >= 4 is 6.29 Å². The maximum Gasteiger partial charge on any atom is 0 e. The Morgan fingerprint density at radius 1 is 0.778 bits per heavy atom. The van der Waals surface area contributed by atoms with Crippen LogP contribution in [0, 0.1) is 69.5 Å². The Balaban J connectivity index is -0.0000000496. The standard InChI is InChI=1S/C12H16O.6CO.2Co/c1-2-12-8-4-3-5-10(12)6-7-11(12)9-13;6*1-2;;/h1,9-11H,3-8H2;;;;;;;;/t10-,11+,12+;;;;;;;;/m0......../s1. The Morgan fingerprint density at radius 3 is 1.52 bits per heavy atom. The van der Waals surface area contributed by atoms with E-state index in [9.17, 15) is 4.79 Å². The first kappa shape index (κ1) is 44.8. The zero-order chi connectivity index (χ0) is 21.3. The molecule has 0 aliphatic heterocycles. The van der Waals surface area contributed by atoms with Crippen molar-refractivity contribution in [1.29, 1.82) is 0 Å². The van der Waals surface area contributed by atoms with Crippen molar-refractivity contribution in [2.45, 2.75) is 38.5 Å². The van der Waals surface area contributed by atoms with E-state index in [1.807, 2.05) is 0 Å². The Bertz CT molecular complexity index is 439. The summed E-state index contributed by atoms with van der Waals surface area (Å²) in [5.41, 5.74) is -0.0417. The molecule has 0 amide bonds. The van der Waals surface area contributed by atoms with E-state index in [2.05, 4.69) is 45.8 Å². The average molecular weight is 462 g/mol. The molecule has 0 unspecified atom stereocenters. The van der Waals surface area contributed by atoms with Gasteiger partial charge in [-0.25, -0.2) is 0 Å². The smallest absolute Gasteiger partial charge is 0 e. The molecule has 2 rings (SSSR count). The van der Waals surface area contributed by atoms with Crippen LogP contribution in [0.5, 0.6) is 0 Å². The van der Waals surface area contributed by atoms with Gasteiger partial charge in [0.15, 0.2) is 0 Å². The quantitative estimate of drug-likeness (QED) is 0.251. The molecule has 2 aliphatic carbocycles. The van der Waals surface area contributed by atoms with Crippen molar-refractivity contribution < 1.29 is 66.3 Å². The maximum absolute atomic E-state index is 10.9. The Labute approximate surface area is 180 Å². The molecule has 2 radical (unpaired) electrons. The first-order valence-corrected chi connectivity index (χ1v) is 6.49. The average Bonchev–Trinajstić information content (AvgIpc) is 3.16. The van der Waals surface area contributed by atoms with Gasteiger partial charge in [-0.1, -0.05) is 18.8 Å². The minimum atomic E-state index is -0.0417. The molecule has 0 aromatic rings. The summed E-state index contributed by atoms with van der Waals surface area (Å²) in [4.78, 5) is 10.9. The molecule has 0 aromatic heterocycles. The maximum atomic E-state index is 10.9. The van der Waals surface area contributed by atoms with Crippen LogP contribution in [-0.2, 0) is 66.3 Å². The van der Waals surface area contributed by atoms with E-state index in [4.69, 9.17) is 34.3 Å². The summed E-state index contributed by atoms with van der Waals surface area (Å²) < 4.78 is 45.0. The van der Waals surface area contributed by atoms with Crippen molar-refractivity contribution in [3.63, 3.8) is 0 Å². The molecule has 27 heavy (non-hydrogen) atoms. The molecule has 0 saturated heterocycles. The van der Waals surface area contributed by atoms with Crippen LogP contribution in [0.25, 0.3) is 0 Å². The molecular formula is C18H16Co2O7. The second-order valence-corrected chi connectivity index (χ2v) is 4.45. The molecule has 0 spiro atoms. The second-order valence-electron chi connectivity index (χ2n) is 4.45. The van der Waals surface area contributed by atoms with Gasteiger partial charge in [-0.05, 0) is 31.6 Å². The van der Waals surface area contributed by atoms with Crippen molar-refractivity contribution in [2.24, 2.45) is 17.3 Å². The topological polar surface area (TPSA) is 136 Å². The molecule has 0 heterocycles.